The molecule has 1 saturated heterocycles. The summed E-state index contributed by atoms with van der Waals surface area (Å²) in [5, 5.41) is 7.02. The maximum absolute atomic E-state index is 12.9. The Kier molecular flexibility index (Phi) is 5.46. The smallest absolute Gasteiger partial charge is 0.274 e. The second-order valence-electron chi connectivity index (χ2n) is 6.86. The van der Waals surface area contributed by atoms with Crippen molar-refractivity contribution >= 4 is 11.7 Å². The SMILES string of the molecule is CC(C)c1cc(C(=O)N2CCN(CC(=O)c3ccc(F)cc3)CC2)n[nH]1. The molecule has 26 heavy (non-hydrogen) atoms. The Morgan fingerprint density at radius 1 is 1.15 bits per heavy atom. The van der Waals surface area contributed by atoms with Gasteiger partial charge in [0.15, 0.2) is 5.78 Å². The van der Waals surface area contributed by atoms with Gasteiger partial charge >= 0.3 is 0 Å². The highest BCUT2D eigenvalue weighted by Crippen LogP contribution is 2.14. The Morgan fingerprint density at radius 2 is 1.81 bits per heavy atom. The van der Waals surface area contributed by atoms with Crippen molar-refractivity contribution in [3.05, 3.63) is 53.1 Å². The number of aromatic amines is 1. The van der Waals surface area contributed by atoms with Crippen molar-refractivity contribution in [2.75, 3.05) is 32.7 Å². The quantitative estimate of drug-likeness (QED) is 0.833. The maximum Gasteiger partial charge on any atom is 0.274 e. The van der Waals surface area contributed by atoms with Gasteiger partial charge in [-0.25, -0.2) is 4.39 Å². The van der Waals surface area contributed by atoms with Crippen LogP contribution in [0, 0.1) is 5.82 Å². The predicted molar refractivity (Wildman–Crippen MR) is 95.8 cm³/mol. The molecule has 0 spiro atoms. The van der Waals surface area contributed by atoms with Gasteiger partial charge in [-0.2, -0.15) is 5.10 Å². The molecule has 7 heteroatoms. The summed E-state index contributed by atoms with van der Waals surface area (Å²) in [4.78, 5) is 28.6. The number of H-pyrrole nitrogens is 1. The normalized spacial score (nSPS) is 15.5. The summed E-state index contributed by atoms with van der Waals surface area (Å²) in [5.74, 6) is -0.192. The van der Waals surface area contributed by atoms with Crippen LogP contribution in [0.3, 0.4) is 0 Å². The molecule has 0 saturated carbocycles. The number of Topliss-reactive ketones (excluding diaryl/α,β-unsaturated/α-hetero) is 1. The number of halogens is 1. The number of ketones is 1. The zero-order chi connectivity index (χ0) is 18.7. The van der Waals surface area contributed by atoms with E-state index >= 15 is 0 Å². The van der Waals surface area contributed by atoms with Crippen LogP contribution in [0.15, 0.2) is 30.3 Å². The molecule has 1 aromatic carbocycles. The fourth-order valence-electron chi connectivity index (χ4n) is 2.94. The van der Waals surface area contributed by atoms with E-state index in [0.29, 0.717) is 43.4 Å². The van der Waals surface area contributed by atoms with E-state index in [4.69, 9.17) is 0 Å². The Balaban J connectivity index is 1.52. The molecule has 1 amide bonds. The van der Waals surface area contributed by atoms with E-state index in [9.17, 15) is 14.0 Å². The molecule has 2 aromatic rings. The Hall–Kier alpha value is -2.54. The Bertz CT molecular complexity index is 777. The third-order valence-electron chi connectivity index (χ3n) is 4.63. The summed E-state index contributed by atoms with van der Waals surface area (Å²) in [6.45, 7) is 6.71. The lowest BCUT2D eigenvalue weighted by molar-refractivity contribution is 0.0619. The number of carbonyl (C=O) groups is 2. The standard InChI is InChI=1S/C19H23FN4O2/c1-13(2)16-11-17(22-21-16)19(26)24-9-7-23(8-10-24)12-18(25)14-3-5-15(20)6-4-14/h3-6,11,13H,7-10,12H2,1-2H3,(H,21,22). The lowest BCUT2D eigenvalue weighted by Gasteiger charge is -2.33. The van der Waals surface area contributed by atoms with Gasteiger partial charge in [-0.1, -0.05) is 13.8 Å². The fraction of sp³-hybridized carbons (Fsp3) is 0.421. The molecule has 0 unspecified atom stereocenters. The topological polar surface area (TPSA) is 69.3 Å². The molecular weight excluding hydrogens is 335 g/mol. The van der Waals surface area contributed by atoms with Crippen LogP contribution in [0.2, 0.25) is 0 Å². The number of aromatic nitrogens is 2. The third-order valence-corrected chi connectivity index (χ3v) is 4.63. The van der Waals surface area contributed by atoms with Crippen molar-refractivity contribution in [2.45, 2.75) is 19.8 Å². The molecule has 2 heterocycles. The van der Waals surface area contributed by atoms with E-state index in [-0.39, 0.29) is 24.1 Å². The van der Waals surface area contributed by atoms with Gasteiger partial charge in [-0.15, -0.1) is 0 Å². The zero-order valence-corrected chi connectivity index (χ0v) is 15.0. The molecule has 1 aliphatic heterocycles. The highest BCUT2D eigenvalue weighted by Gasteiger charge is 2.25. The van der Waals surface area contributed by atoms with Crippen molar-refractivity contribution in [1.82, 2.24) is 20.0 Å². The van der Waals surface area contributed by atoms with Crippen LogP contribution < -0.4 is 0 Å². The van der Waals surface area contributed by atoms with Crippen LogP contribution in [-0.2, 0) is 0 Å². The van der Waals surface area contributed by atoms with E-state index in [1.54, 1.807) is 11.0 Å². The number of amides is 1. The Labute approximate surface area is 152 Å². The largest absolute Gasteiger partial charge is 0.335 e. The van der Waals surface area contributed by atoms with Crippen molar-refractivity contribution in [3.8, 4) is 0 Å². The molecule has 138 valence electrons. The number of rotatable bonds is 5. The number of piperazine rings is 1. The summed E-state index contributed by atoms with van der Waals surface area (Å²) in [7, 11) is 0. The summed E-state index contributed by atoms with van der Waals surface area (Å²) < 4.78 is 12.9. The number of hydrogen-bond donors (Lipinski definition) is 1. The second-order valence-corrected chi connectivity index (χ2v) is 6.86. The predicted octanol–water partition coefficient (Wildman–Crippen LogP) is 2.31. The lowest BCUT2D eigenvalue weighted by Crippen LogP contribution is -2.50. The number of nitrogens with zero attached hydrogens (tertiary/aromatic N) is 3. The van der Waals surface area contributed by atoms with E-state index in [0.717, 1.165) is 5.69 Å². The lowest BCUT2D eigenvalue weighted by atomic mass is 10.1. The van der Waals surface area contributed by atoms with Crippen LogP contribution in [0.4, 0.5) is 4.39 Å². The first-order chi connectivity index (χ1) is 12.4. The molecule has 1 aromatic heterocycles. The van der Waals surface area contributed by atoms with Crippen LogP contribution in [0.1, 0.15) is 46.3 Å². The molecule has 0 radical (unpaired) electrons. The average Bonchev–Trinajstić information content (AvgIpc) is 3.13. The van der Waals surface area contributed by atoms with Gasteiger partial charge in [-0.05, 0) is 36.2 Å². The van der Waals surface area contributed by atoms with Crippen LogP contribution in [-0.4, -0.2) is 64.4 Å². The minimum Gasteiger partial charge on any atom is -0.335 e. The van der Waals surface area contributed by atoms with Crippen LogP contribution >= 0.6 is 0 Å². The van der Waals surface area contributed by atoms with E-state index in [1.165, 1.54) is 24.3 Å². The molecule has 0 bridgehead atoms. The highest BCUT2D eigenvalue weighted by atomic mass is 19.1. The van der Waals surface area contributed by atoms with Gasteiger partial charge in [0.25, 0.3) is 5.91 Å². The van der Waals surface area contributed by atoms with Crippen molar-refractivity contribution in [1.29, 1.82) is 0 Å². The molecule has 3 rings (SSSR count). The fourth-order valence-corrected chi connectivity index (χ4v) is 2.94. The maximum atomic E-state index is 12.9. The van der Waals surface area contributed by atoms with Crippen LogP contribution in [0.25, 0.3) is 0 Å². The second kappa shape index (κ2) is 7.78. The van der Waals surface area contributed by atoms with Gasteiger partial charge < -0.3 is 4.90 Å². The summed E-state index contributed by atoms with van der Waals surface area (Å²) >= 11 is 0. The van der Waals surface area contributed by atoms with Gasteiger partial charge in [0.05, 0.1) is 6.54 Å². The minimum absolute atomic E-state index is 0.0429. The molecule has 1 fully saturated rings. The van der Waals surface area contributed by atoms with E-state index in [1.807, 2.05) is 18.7 Å². The monoisotopic (exact) mass is 358 g/mol. The first-order valence-electron chi connectivity index (χ1n) is 8.79. The van der Waals surface area contributed by atoms with Crippen molar-refractivity contribution < 1.29 is 14.0 Å². The zero-order valence-electron chi connectivity index (χ0n) is 15.0. The Morgan fingerprint density at radius 3 is 2.38 bits per heavy atom. The number of benzene rings is 1. The third kappa shape index (κ3) is 4.16. The summed E-state index contributed by atoms with van der Waals surface area (Å²) in [5.41, 5.74) is 1.88. The molecule has 0 atom stereocenters. The molecular formula is C19H23FN4O2. The first-order valence-corrected chi connectivity index (χ1v) is 8.79. The molecule has 1 N–H and O–H groups in total. The van der Waals surface area contributed by atoms with E-state index < -0.39 is 0 Å². The van der Waals surface area contributed by atoms with Gasteiger partial charge in [-0.3, -0.25) is 19.6 Å². The first kappa shape index (κ1) is 18.3. The molecule has 1 aliphatic rings. The summed E-state index contributed by atoms with van der Waals surface area (Å²) in [6.07, 6.45) is 0. The molecule has 6 nitrogen and oxygen atoms in total. The van der Waals surface area contributed by atoms with Gasteiger partial charge in [0.1, 0.15) is 11.5 Å². The van der Waals surface area contributed by atoms with Crippen molar-refractivity contribution in [2.24, 2.45) is 0 Å². The van der Waals surface area contributed by atoms with Gasteiger partial charge in [0.2, 0.25) is 0 Å². The van der Waals surface area contributed by atoms with E-state index in [2.05, 4.69) is 10.2 Å². The highest BCUT2D eigenvalue weighted by molar-refractivity contribution is 5.97. The average molecular weight is 358 g/mol. The number of hydrogen-bond acceptors (Lipinski definition) is 4. The summed E-state index contributed by atoms with van der Waals surface area (Å²) in [6, 6.07) is 7.39. The molecule has 0 aliphatic carbocycles. The van der Waals surface area contributed by atoms with Gasteiger partial charge in [0, 0.05) is 37.4 Å². The number of nitrogens with one attached hydrogen (secondary N) is 1. The van der Waals surface area contributed by atoms with Crippen molar-refractivity contribution in [3.63, 3.8) is 0 Å². The number of carbonyl (C=O) groups excluding carboxylic acids is 2. The van der Waals surface area contributed by atoms with Crippen LogP contribution in [0.5, 0.6) is 0 Å². The minimum atomic E-state index is -0.354.